The molecule has 0 aliphatic heterocycles. The second-order valence-corrected chi connectivity index (χ2v) is 5.07. The summed E-state index contributed by atoms with van der Waals surface area (Å²) in [6.45, 7) is 0. The van der Waals surface area contributed by atoms with E-state index in [0.717, 1.165) is 16.9 Å². The summed E-state index contributed by atoms with van der Waals surface area (Å²) in [7, 11) is -2.48. The van der Waals surface area contributed by atoms with Gasteiger partial charge in [-0.05, 0) is 23.4 Å². The summed E-state index contributed by atoms with van der Waals surface area (Å²) in [6, 6.07) is 3.15. The van der Waals surface area contributed by atoms with Crippen molar-refractivity contribution in [3.63, 3.8) is 0 Å². The first-order chi connectivity index (χ1) is 8.38. The summed E-state index contributed by atoms with van der Waals surface area (Å²) in [6.07, 6.45) is 0. The highest BCUT2D eigenvalue weighted by Gasteiger charge is 2.18. The van der Waals surface area contributed by atoms with Gasteiger partial charge in [-0.25, -0.2) is 17.5 Å². The Morgan fingerprint density at radius 3 is 2.72 bits per heavy atom. The highest BCUT2D eigenvalue weighted by molar-refractivity contribution is 7.92. The molecule has 96 valence electrons. The molecule has 0 bridgehead atoms. The molecule has 2 rings (SSSR count). The van der Waals surface area contributed by atoms with Gasteiger partial charge in [-0.15, -0.1) is 5.10 Å². The van der Waals surface area contributed by atoms with Gasteiger partial charge in [0.25, 0.3) is 16.0 Å². The third-order valence-corrected chi connectivity index (χ3v) is 3.34. The van der Waals surface area contributed by atoms with Crippen LogP contribution < -0.4 is 10.5 Å². The van der Waals surface area contributed by atoms with Gasteiger partial charge in [0, 0.05) is 0 Å². The van der Waals surface area contributed by atoms with Crippen LogP contribution in [0.15, 0.2) is 23.1 Å². The van der Waals surface area contributed by atoms with Crippen LogP contribution in [0.25, 0.3) is 0 Å². The van der Waals surface area contributed by atoms with Crippen molar-refractivity contribution in [2.45, 2.75) is 4.90 Å². The number of nitrogens with zero attached hydrogens (tertiary/aromatic N) is 4. The van der Waals surface area contributed by atoms with E-state index in [2.05, 4.69) is 20.1 Å². The average Bonchev–Trinajstić information content (AvgIpc) is 2.67. The normalized spacial score (nSPS) is 11.4. The predicted molar refractivity (Wildman–Crippen MR) is 60.4 cm³/mol. The fourth-order valence-electron chi connectivity index (χ4n) is 1.18. The van der Waals surface area contributed by atoms with Gasteiger partial charge in [0.2, 0.25) is 0 Å². The maximum absolute atomic E-state index is 13.2. The number of aryl methyl sites for hydroxylation is 1. The Labute approximate surface area is 102 Å². The summed E-state index contributed by atoms with van der Waals surface area (Å²) in [5.41, 5.74) is 5.13. The lowest BCUT2D eigenvalue weighted by Gasteiger charge is -2.05. The number of halogens is 1. The summed E-state index contributed by atoms with van der Waals surface area (Å²) in [5, 5.41) is 10.6. The minimum Gasteiger partial charge on any atom is -0.396 e. The van der Waals surface area contributed by atoms with Crippen molar-refractivity contribution in [1.29, 1.82) is 0 Å². The van der Waals surface area contributed by atoms with Crippen LogP contribution in [0, 0.1) is 5.82 Å². The molecule has 2 aromatic rings. The monoisotopic (exact) mass is 272 g/mol. The van der Waals surface area contributed by atoms with E-state index in [4.69, 9.17) is 5.73 Å². The Bertz CT molecular complexity index is 683. The van der Waals surface area contributed by atoms with E-state index < -0.39 is 15.8 Å². The fraction of sp³-hybridized carbons (Fsp3) is 0.125. The van der Waals surface area contributed by atoms with Gasteiger partial charge in [-0.1, -0.05) is 5.10 Å². The number of nitrogens with two attached hydrogens (primary N) is 1. The predicted octanol–water partition coefficient (Wildman–Crippen LogP) is -0.268. The molecule has 0 saturated carbocycles. The van der Waals surface area contributed by atoms with Crippen LogP contribution in [0.5, 0.6) is 0 Å². The Hall–Kier alpha value is -2.23. The van der Waals surface area contributed by atoms with Crippen LogP contribution in [0.1, 0.15) is 0 Å². The van der Waals surface area contributed by atoms with Crippen LogP contribution >= 0.6 is 0 Å². The van der Waals surface area contributed by atoms with Crippen molar-refractivity contribution < 1.29 is 12.8 Å². The molecule has 1 heterocycles. The Balaban J connectivity index is 2.33. The number of anilines is 2. The lowest BCUT2D eigenvalue weighted by Crippen LogP contribution is -2.14. The van der Waals surface area contributed by atoms with Crippen LogP contribution in [-0.2, 0) is 17.1 Å². The molecule has 0 saturated heterocycles. The molecule has 1 aromatic heterocycles. The summed E-state index contributed by atoms with van der Waals surface area (Å²) >= 11 is 0. The molecule has 0 fully saturated rings. The number of nitrogens with one attached hydrogen (secondary N) is 1. The first-order valence-corrected chi connectivity index (χ1v) is 6.18. The quantitative estimate of drug-likeness (QED) is 0.743. The molecule has 0 unspecified atom stereocenters. The van der Waals surface area contributed by atoms with Crippen molar-refractivity contribution >= 4 is 21.7 Å². The van der Waals surface area contributed by atoms with Gasteiger partial charge in [-0.2, -0.15) is 4.80 Å². The highest BCUT2D eigenvalue weighted by Crippen LogP contribution is 2.17. The molecule has 10 heteroatoms. The highest BCUT2D eigenvalue weighted by atomic mass is 32.2. The third-order valence-electron chi connectivity index (χ3n) is 2.02. The first kappa shape index (κ1) is 12.2. The largest absolute Gasteiger partial charge is 0.396 e. The van der Waals surface area contributed by atoms with Crippen LogP contribution in [0.3, 0.4) is 0 Å². The van der Waals surface area contributed by atoms with Crippen LogP contribution in [-0.4, -0.2) is 28.6 Å². The van der Waals surface area contributed by atoms with Crippen molar-refractivity contribution in [1.82, 2.24) is 20.2 Å². The average molecular weight is 272 g/mol. The van der Waals surface area contributed by atoms with Crippen molar-refractivity contribution in [2.75, 3.05) is 10.5 Å². The van der Waals surface area contributed by atoms with Gasteiger partial charge in [-0.3, -0.25) is 0 Å². The van der Waals surface area contributed by atoms with Crippen molar-refractivity contribution in [3.05, 3.63) is 24.0 Å². The topological polar surface area (TPSA) is 116 Å². The summed E-state index contributed by atoms with van der Waals surface area (Å²) < 4.78 is 38.9. The standard InChI is InChI=1S/C8H9FN6O2S/c1-15-12-8(11-14-15)13-18(16,17)5-2-3-7(10)6(9)4-5/h2-4H,10H2,1H3,(H,12,13). The molecular weight excluding hydrogens is 263 g/mol. The first-order valence-electron chi connectivity index (χ1n) is 4.70. The van der Waals surface area contributed by atoms with Crippen LogP contribution in [0.4, 0.5) is 16.0 Å². The molecule has 0 radical (unpaired) electrons. The number of benzene rings is 1. The van der Waals surface area contributed by atoms with Gasteiger partial charge in [0.15, 0.2) is 0 Å². The summed E-state index contributed by atoms with van der Waals surface area (Å²) in [4.78, 5) is 0.808. The number of tetrazole rings is 1. The number of nitrogen functional groups attached to an aromatic ring is 1. The molecule has 1 aromatic carbocycles. The number of hydrogen-bond acceptors (Lipinski definition) is 6. The van der Waals surface area contributed by atoms with E-state index in [1.54, 1.807) is 0 Å². The van der Waals surface area contributed by atoms with E-state index in [-0.39, 0.29) is 16.5 Å². The van der Waals surface area contributed by atoms with Crippen LogP contribution in [0.2, 0.25) is 0 Å². The van der Waals surface area contributed by atoms with E-state index in [0.29, 0.717) is 0 Å². The maximum atomic E-state index is 13.2. The molecule has 0 atom stereocenters. The lowest BCUT2D eigenvalue weighted by atomic mass is 10.3. The molecule has 0 aliphatic carbocycles. The third kappa shape index (κ3) is 2.37. The molecular formula is C8H9FN6O2S. The van der Waals surface area contributed by atoms with E-state index in [1.165, 1.54) is 13.1 Å². The zero-order chi connectivity index (χ0) is 13.3. The second kappa shape index (κ2) is 4.22. The Kier molecular flexibility index (Phi) is 2.87. The Morgan fingerprint density at radius 2 is 2.17 bits per heavy atom. The smallest absolute Gasteiger partial charge is 0.277 e. The van der Waals surface area contributed by atoms with E-state index >= 15 is 0 Å². The Morgan fingerprint density at radius 1 is 1.44 bits per heavy atom. The maximum Gasteiger partial charge on any atom is 0.277 e. The molecule has 3 N–H and O–H groups in total. The lowest BCUT2D eigenvalue weighted by molar-refractivity contribution is 0.595. The van der Waals surface area contributed by atoms with E-state index in [1.807, 2.05) is 0 Å². The molecule has 0 amide bonds. The van der Waals surface area contributed by atoms with E-state index in [9.17, 15) is 12.8 Å². The van der Waals surface area contributed by atoms with Crippen molar-refractivity contribution in [3.8, 4) is 0 Å². The molecule has 8 nitrogen and oxygen atoms in total. The molecule has 0 spiro atoms. The minimum absolute atomic E-state index is 0.133. The zero-order valence-corrected chi connectivity index (χ0v) is 10.0. The molecule has 0 aliphatic rings. The molecule has 18 heavy (non-hydrogen) atoms. The number of sulfonamides is 1. The van der Waals surface area contributed by atoms with Crippen molar-refractivity contribution in [2.24, 2.45) is 7.05 Å². The zero-order valence-electron chi connectivity index (χ0n) is 9.20. The van der Waals surface area contributed by atoms with Gasteiger partial charge < -0.3 is 5.73 Å². The van der Waals surface area contributed by atoms with Gasteiger partial charge >= 0.3 is 0 Å². The number of aromatic nitrogens is 4. The number of rotatable bonds is 3. The fourth-order valence-corrected chi connectivity index (χ4v) is 2.12. The second-order valence-electron chi connectivity index (χ2n) is 3.39. The SMILES string of the molecule is Cn1nnc(NS(=O)(=O)c2ccc(N)c(F)c2)n1. The van der Waals surface area contributed by atoms with Gasteiger partial charge in [0.1, 0.15) is 5.82 Å². The minimum atomic E-state index is -3.96. The number of hydrogen-bond donors (Lipinski definition) is 2. The van der Waals surface area contributed by atoms with Gasteiger partial charge in [0.05, 0.1) is 17.6 Å². The summed E-state index contributed by atoms with van der Waals surface area (Å²) in [5.74, 6) is -1.01.